The Morgan fingerprint density at radius 3 is 2.81 bits per heavy atom. The van der Waals surface area contributed by atoms with E-state index in [1.54, 1.807) is 0 Å². The maximum Gasteiger partial charge on any atom is 0.231 e. The van der Waals surface area contributed by atoms with Crippen molar-refractivity contribution in [1.29, 1.82) is 0 Å². The summed E-state index contributed by atoms with van der Waals surface area (Å²) in [4.78, 5) is 0. The first-order valence-corrected chi connectivity index (χ1v) is 7.10. The summed E-state index contributed by atoms with van der Waals surface area (Å²) >= 11 is 0. The van der Waals surface area contributed by atoms with Crippen molar-refractivity contribution in [3.63, 3.8) is 0 Å². The third-order valence-electron chi connectivity index (χ3n) is 3.14. The topological polar surface area (TPSA) is 39.7 Å². The molecule has 0 saturated heterocycles. The number of rotatable bonds is 5. The normalized spacial score (nSPS) is 12.5. The van der Waals surface area contributed by atoms with E-state index in [9.17, 15) is 0 Å². The summed E-state index contributed by atoms with van der Waals surface area (Å²) < 4.78 is 16.4. The Morgan fingerprint density at radius 2 is 1.95 bits per heavy atom. The van der Waals surface area contributed by atoms with Crippen LogP contribution < -0.4 is 19.5 Å². The zero-order valence-corrected chi connectivity index (χ0v) is 12.3. The second-order valence-corrected chi connectivity index (χ2v) is 5.24. The van der Waals surface area contributed by atoms with Gasteiger partial charge in [0, 0.05) is 18.3 Å². The standard InChI is InChI=1S/C17H19NO3/c1-12(2)21-15-5-3-4-13(8-15)10-18-14-6-7-16-17(9-14)20-11-19-16/h3-9,12,18H,10-11H2,1-2H3. The van der Waals surface area contributed by atoms with Crippen LogP contribution in [0.4, 0.5) is 5.69 Å². The van der Waals surface area contributed by atoms with Gasteiger partial charge in [0.15, 0.2) is 11.5 Å². The first-order chi connectivity index (χ1) is 10.2. The molecule has 0 aliphatic carbocycles. The van der Waals surface area contributed by atoms with Crippen LogP contribution in [-0.2, 0) is 6.54 Å². The molecule has 1 aliphatic heterocycles. The molecule has 2 aromatic carbocycles. The van der Waals surface area contributed by atoms with Gasteiger partial charge in [0.25, 0.3) is 0 Å². The van der Waals surface area contributed by atoms with Crippen molar-refractivity contribution >= 4 is 5.69 Å². The Hall–Kier alpha value is -2.36. The fourth-order valence-electron chi connectivity index (χ4n) is 2.21. The molecule has 0 bridgehead atoms. The van der Waals surface area contributed by atoms with Crippen molar-refractivity contribution in [1.82, 2.24) is 0 Å². The van der Waals surface area contributed by atoms with Gasteiger partial charge in [-0.1, -0.05) is 12.1 Å². The van der Waals surface area contributed by atoms with Crippen LogP contribution in [0.5, 0.6) is 17.2 Å². The predicted octanol–water partition coefficient (Wildman–Crippen LogP) is 3.81. The van der Waals surface area contributed by atoms with Crippen LogP contribution in [-0.4, -0.2) is 12.9 Å². The maximum absolute atomic E-state index is 5.70. The molecule has 1 N–H and O–H groups in total. The van der Waals surface area contributed by atoms with Crippen molar-refractivity contribution in [2.75, 3.05) is 12.1 Å². The summed E-state index contributed by atoms with van der Waals surface area (Å²) in [7, 11) is 0. The summed E-state index contributed by atoms with van der Waals surface area (Å²) in [5.41, 5.74) is 2.18. The first-order valence-electron chi connectivity index (χ1n) is 7.10. The van der Waals surface area contributed by atoms with E-state index in [-0.39, 0.29) is 6.10 Å². The monoisotopic (exact) mass is 285 g/mol. The molecule has 0 saturated carbocycles. The average Bonchev–Trinajstić information content (AvgIpc) is 2.92. The van der Waals surface area contributed by atoms with Gasteiger partial charge in [0.05, 0.1) is 6.10 Å². The lowest BCUT2D eigenvalue weighted by molar-refractivity contribution is 0.174. The highest BCUT2D eigenvalue weighted by Crippen LogP contribution is 2.34. The highest BCUT2D eigenvalue weighted by molar-refractivity contribution is 5.55. The Bertz CT molecular complexity index is 625. The van der Waals surface area contributed by atoms with Crippen LogP contribution in [0.1, 0.15) is 19.4 Å². The quantitative estimate of drug-likeness (QED) is 0.906. The van der Waals surface area contributed by atoms with Crippen LogP contribution in [0.3, 0.4) is 0 Å². The van der Waals surface area contributed by atoms with Crippen LogP contribution in [0.2, 0.25) is 0 Å². The molecule has 4 nitrogen and oxygen atoms in total. The fourth-order valence-corrected chi connectivity index (χ4v) is 2.21. The minimum Gasteiger partial charge on any atom is -0.491 e. The van der Waals surface area contributed by atoms with Crippen LogP contribution in [0.25, 0.3) is 0 Å². The second-order valence-electron chi connectivity index (χ2n) is 5.24. The Kier molecular flexibility index (Phi) is 3.86. The molecule has 21 heavy (non-hydrogen) atoms. The summed E-state index contributed by atoms with van der Waals surface area (Å²) in [5.74, 6) is 2.49. The van der Waals surface area contributed by atoms with E-state index in [0.717, 1.165) is 29.5 Å². The first kappa shape index (κ1) is 13.6. The van der Waals surface area contributed by atoms with Crippen molar-refractivity contribution in [3.05, 3.63) is 48.0 Å². The molecule has 4 heteroatoms. The van der Waals surface area contributed by atoms with E-state index < -0.39 is 0 Å². The highest BCUT2D eigenvalue weighted by Gasteiger charge is 2.12. The van der Waals surface area contributed by atoms with Gasteiger partial charge in [0.2, 0.25) is 6.79 Å². The molecule has 0 spiro atoms. The largest absolute Gasteiger partial charge is 0.491 e. The van der Waals surface area contributed by atoms with Gasteiger partial charge < -0.3 is 19.5 Å². The minimum absolute atomic E-state index is 0.182. The molecule has 3 rings (SSSR count). The van der Waals surface area contributed by atoms with E-state index in [4.69, 9.17) is 14.2 Å². The molecule has 0 unspecified atom stereocenters. The molecule has 0 fully saturated rings. The van der Waals surface area contributed by atoms with Gasteiger partial charge in [-0.15, -0.1) is 0 Å². The molecule has 0 radical (unpaired) electrons. The van der Waals surface area contributed by atoms with Crippen molar-refractivity contribution in [2.24, 2.45) is 0 Å². The molecule has 1 heterocycles. The predicted molar refractivity (Wildman–Crippen MR) is 82.1 cm³/mol. The summed E-state index contributed by atoms with van der Waals surface area (Å²) in [6.45, 7) is 5.08. The Labute approximate surface area is 124 Å². The lowest BCUT2D eigenvalue weighted by atomic mass is 10.2. The van der Waals surface area contributed by atoms with Gasteiger partial charge >= 0.3 is 0 Å². The number of ether oxygens (including phenoxy) is 3. The zero-order chi connectivity index (χ0) is 14.7. The Balaban J connectivity index is 1.64. The minimum atomic E-state index is 0.182. The number of fused-ring (bicyclic) bond motifs is 1. The molecule has 2 aromatic rings. The van der Waals surface area contributed by atoms with E-state index in [1.165, 1.54) is 5.56 Å². The fraction of sp³-hybridized carbons (Fsp3) is 0.294. The number of anilines is 1. The van der Waals surface area contributed by atoms with E-state index in [2.05, 4.69) is 17.4 Å². The van der Waals surface area contributed by atoms with E-state index in [1.807, 2.05) is 44.2 Å². The third-order valence-corrected chi connectivity index (χ3v) is 3.14. The van der Waals surface area contributed by atoms with E-state index >= 15 is 0 Å². The van der Waals surface area contributed by atoms with Gasteiger partial charge in [-0.05, 0) is 43.7 Å². The molecule has 0 atom stereocenters. The summed E-state index contributed by atoms with van der Waals surface area (Å²) in [6, 6.07) is 14.0. The molecular weight excluding hydrogens is 266 g/mol. The molecular formula is C17H19NO3. The lowest BCUT2D eigenvalue weighted by Crippen LogP contribution is -2.06. The number of benzene rings is 2. The van der Waals surface area contributed by atoms with Crippen LogP contribution in [0.15, 0.2) is 42.5 Å². The van der Waals surface area contributed by atoms with Gasteiger partial charge in [0.1, 0.15) is 5.75 Å². The number of hydrogen-bond acceptors (Lipinski definition) is 4. The smallest absolute Gasteiger partial charge is 0.231 e. The van der Waals surface area contributed by atoms with Gasteiger partial charge in [-0.25, -0.2) is 0 Å². The molecule has 1 aliphatic rings. The second kappa shape index (κ2) is 5.95. The number of nitrogens with one attached hydrogen (secondary N) is 1. The molecule has 0 aromatic heterocycles. The van der Waals surface area contributed by atoms with Crippen molar-refractivity contribution in [2.45, 2.75) is 26.5 Å². The van der Waals surface area contributed by atoms with Gasteiger partial charge in [-0.2, -0.15) is 0 Å². The van der Waals surface area contributed by atoms with Crippen molar-refractivity contribution in [3.8, 4) is 17.2 Å². The van der Waals surface area contributed by atoms with Crippen LogP contribution in [0, 0.1) is 0 Å². The Morgan fingerprint density at radius 1 is 1.10 bits per heavy atom. The molecule has 0 amide bonds. The zero-order valence-electron chi connectivity index (χ0n) is 12.3. The summed E-state index contributed by atoms with van der Waals surface area (Å²) in [6.07, 6.45) is 0.182. The SMILES string of the molecule is CC(C)Oc1cccc(CNc2ccc3c(c2)OCO3)c1. The average molecular weight is 285 g/mol. The van der Waals surface area contributed by atoms with Crippen LogP contribution >= 0.6 is 0 Å². The lowest BCUT2D eigenvalue weighted by Gasteiger charge is -2.12. The third kappa shape index (κ3) is 3.40. The highest BCUT2D eigenvalue weighted by atomic mass is 16.7. The van der Waals surface area contributed by atoms with Crippen molar-refractivity contribution < 1.29 is 14.2 Å². The van der Waals surface area contributed by atoms with E-state index in [0.29, 0.717) is 6.79 Å². The number of hydrogen-bond donors (Lipinski definition) is 1. The summed E-state index contributed by atoms with van der Waals surface area (Å²) in [5, 5.41) is 3.38. The maximum atomic E-state index is 5.70. The van der Waals surface area contributed by atoms with Gasteiger partial charge in [-0.3, -0.25) is 0 Å². The molecule has 110 valence electrons.